The van der Waals surface area contributed by atoms with E-state index in [-0.39, 0.29) is 24.6 Å². The van der Waals surface area contributed by atoms with Gasteiger partial charge in [-0.15, -0.1) is 23.2 Å². The van der Waals surface area contributed by atoms with Crippen LogP contribution < -0.4 is 0 Å². The van der Waals surface area contributed by atoms with Crippen LogP contribution in [0.2, 0.25) is 0 Å². The summed E-state index contributed by atoms with van der Waals surface area (Å²) in [5.74, 6) is -0.714. The predicted molar refractivity (Wildman–Crippen MR) is 85.0 cm³/mol. The topological polar surface area (TPSA) is 38.8 Å². The number of hydrogen-bond acceptors (Lipinski definition) is 4. The minimum Gasteiger partial charge on any atom is -0.463 e. The monoisotopic (exact) mass is 343 g/mol. The summed E-state index contributed by atoms with van der Waals surface area (Å²) >= 11 is 11.7. The van der Waals surface area contributed by atoms with Gasteiger partial charge in [0.2, 0.25) is 0 Å². The quantitative estimate of drug-likeness (QED) is 0.608. The summed E-state index contributed by atoms with van der Waals surface area (Å²) in [6.07, 6.45) is 0.376. The summed E-state index contributed by atoms with van der Waals surface area (Å²) in [5.41, 5.74) is 1.27. The molecule has 2 fully saturated rings. The van der Waals surface area contributed by atoms with Crippen molar-refractivity contribution in [3.05, 3.63) is 35.9 Å². The number of halogens is 2. The van der Waals surface area contributed by atoms with Crippen molar-refractivity contribution in [3.8, 4) is 0 Å². The average Bonchev–Trinajstić information content (AvgIpc) is 3.15. The SMILES string of the molecule is O=C(OCC1CN(Cc2ccccc2)CCO1)C1CC1(Cl)Cl. The predicted octanol–water partition coefficient (Wildman–Crippen LogP) is 2.62. The minimum atomic E-state index is -0.927. The van der Waals surface area contributed by atoms with E-state index >= 15 is 0 Å². The Balaban J connectivity index is 1.44. The van der Waals surface area contributed by atoms with E-state index in [1.807, 2.05) is 18.2 Å². The van der Waals surface area contributed by atoms with E-state index in [2.05, 4.69) is 17.0 Å². The molecular weight excluding hydrogens is 325 g/mol. The Labute approximate surface area is 140 Å². The fourth-order valence-corrected chi connectivity index (χ4v) is 3.10. The first kappa shape index (κ1) is 16.1. The van der Waals surface area contributed by atoms with Crippen LogP contribution in [0.25, 0.3) is 0 Å². The maximum absolute atomic E-state index is 11.8. The van der Waals surface area contributed by atoms with Crippen LogP contribution in [0.5, 0.6) is 0 Å². The number of benzene rings is 1. The molecule has 120 valence electrons. The van der Waals surface area contributed by atoms with Gasteiger partial charge in [0.25, 0.3) is 0 Å². The molecule has 1 aromatic carbocycles. The molecule has 3 rings (SSSR count). The van der Waals surface area contributed by atoms with Gasteiger partial charge in [0.15, 0.2) is 0 Å². The fourth-order valence-electron chi connectivity index (χ4n) is 2.61. The van der Waals surface area contributed by atoms with Gasteiger partial charge in [-0.2, -0.15) is 0 Å². The van der Waals surface area contributed by atoms with Crippen molar-refractivity contribution in [2.24, 2.45) is 5.92 Å². The van der Waals surface area contributed by atoms with Gasteiger partial charge in [0, 0.05) is 19.6 Å². The number of esters is 1. The van der Waals surface area contributed by atoms with Crippen molar-refractivity contribution in [1.82, 2.24) is 4.90 Å². The minimum absolute atomic E-state index is 0.0970. The molecule has 0 bridgehead atoms. The van der Waals surface area contributed by atoms with Gasteiger partial charge >= 0.3 is 5.97 Å². The maximum Gasteiger partial charge on any atom is 0.312 e. The Kier molecular flexibility index (Phi) is 4.93. The molecule has 4 nitrogen and oxygen atoms in total. The van der Waals surface area contributed by atoms with Crippen LogP contribution in [0.3, 0.4) is 0 Å². The van der Waals surface area contributed by atoms with Gasteiger partial charge in [-0.3, -0.25) is 9.69 Å². The first-order valence-corrected chi connectivity index (χ1v) is 8.22. The molecule has 22 heavy (non-hydrogen) atoms. The van der Waals surface area contributed by atoms with Crippen LogP contribution in [-0.4, -0.2) is 47.6 Å². The molecule has 1 aliphatic heterocycles. The van der Waals surface area contributed by atoms with E-state index in [0.717, 1.165) is 19.6 Å². The molecule has 0 N–H and O–H groups in total. The summed E-state index contributed by atoms with van der Waals surface area (Å²) in [7, 11) is 0. The molecular formula is C16H19Cl2NO3. The van der Waals surface area contributed by atoms with E-state index < -0.39 is 4.33 Å². The Morgan fingerprint density at radius 1 is 1.36 bits per heavy atom. The van der Waals surface area contributed by atoms with Gasteiger partial charge in [-0.05, 0) is 12.0 Å². The van der Waals surface area contributed by atoms with Crippen molar-refractivity contribution in [2.75, 3.05) is 26.3 Å². The van der Waals surface area contributed by atoms with Gasteiger partial charge in [-0.1, -0.05) is 30.3 Å². The van der Waals surface area contributed by atoms with Crippen LogP contribution in [0, 0.1) is 5.92 Å². The molecule has 0 radical (unpaired) electrons. The van der Waals surface area contributed by atoms with Gasteiger partial charge in [-0.25, -0.2) is 0 Å². The third-order valence-electron chi connectivity index (χ3n) is 3.99. The Bertz CT molecular complexity index is 523. The zero-order valence-corrected chi connectivity index (χ0v) is 13.7. The lowest BCUT2D eigenvalue weighted by atomic mass is 10.2. The molecule has 0 aromatic heterocycles. The summed E-state index contributed by atoms with van der Waals surface area (Å²) in [4.78, 5) is 14.1. The number of carbonyl (C=O) groups is 1. The molecule has 2 unspecified atom stereocenters. The molecule has 2 atom stereocenters. The highest BCUT2D eigenvalue weighted by Crippen LogP contribution is 2.53. The Hall–Kier alpha value is -0.810. The Morgan fingerprint density at radius 2 is 2.09 bits per heavy atom. The van der Waals surface area contributed by atoms with Crippen LogP contribution in [0.4, 0.5) is 0 Å². The third-order valence-corrected chi connectivity index (χ3v) is 4.83. The molecule has 1 aromatic rings. The second kappa shape index (κ2) is 6.75. The second-order valence-corrected chi connectivity index (χ2v) is 7.40. The lowest BCUT2D eigenvalue weighted by Gasteiger charge is -2.32. The van der Waals surface area contributed by atoms with Gasteiger partial charge in [0.1, 0.15) is 17.0 Å². The highest BCUT2D eigenvalue weighted by atomic mass is 35.5. The zero-order valence-electron chi connectivity index (χ0n) is 12.2. The van der Waals surface area contributed by atoms with Crippen LogP contribution >= 0.6 is 23.2 Å². The number of rotatable bonds is 5. The maximum atomic E-state index is 11.8. The number of ether oxygens (including phenoxy) is 2. The highest BCUT2D eigenvalue weighted by Gasteiger charge is 2.57. The van der Waals surface area contributed by atoms with Crippen LogP contribution in [0.1, 0.15) is 12.0 Å². The van der Waals surface area contributed by atoms with Crippen molar-refractivity contribution in [2.45, 2.75) is 23.4 Å². The standard InChI is InChI=1S/C16H19Cl2NO3/c17-16(18)8-14(16)15(20)22-11-13-10-19(6-7-21-13)9-12-4-2-1-3-5-12/h1-5,13-14H,6-11H2. The number of hydrogen-bond donors (Lipinski definition) is 0. The van der Waals surface area contributed by atoms with Gasteiger partial charge < -0.3 is 9.47 Å². The molecule has 1 saturated heterocycles. The molecule has 2 aliphatic rings. The Morgan fingerprint density at radius 3 is 2.77 bits per heavy atom. The highest BCUT2D eigenvalue weighted by molar-refractivity contribution is 6.52. The number of nitrogens with zero attached hydrogens (tertiary/aromatic N) is 1. The van der Waals surface area contributed by atoms with E-state index in [9.17, 15) is 4.79 Å². The third kappa shape index (κ3) is 4.13. The number of morpholine rings is 1. The van der Waals surface area contributed by atoms with Crippen molar-refractivity contribution in [1.29, 1.82) is 0 Å². The van der Waals surface area contributed by atoms with Crippen molar-refractivity contribution < 1.29 is 14.3 Å². The van der Waals surface area contributed by atoms with E-state index in [1.165, 1.54) is 5.56 Å². The fraction of sp³-hybridized carbons (Fsp3) is 0.562. The van der Waals surface area contributed by atoms with Crippen LogP contribution in [-0.2, 0) is 20.8 Å². The zero-order chi connectivity index (χ0) is 15.6. The summed E-state index contributed by atoms with van der Waals surface area (Å²) < 4.78 is 10.0. The normalized spacial score (nSPS) is 27.4. The van der Waals surface area contributed by atoms with E-state index in [1.54, 1.807) is 0 Å². The lowest BCUT2D eigenvalue weighted by Crippen LogP contribution is -2.44. The molecule has 1 saturated carbocycles. The lowest BCUT2D eigenvalue weighted by molar-refractivity contribution is -0.152. The molecule has 6 heteroatoms. The molecule has 0 spiro atoms. The first-order chi connectivity index (χ1) is 10.5. The summed E-state index contributed by atoms with van der Waals surface area (Å²) in [6, 6.07) is 10.3. The second-order valence-electron chi connectivity index (χ2n) is 5.86. The van der Waals surface area contributed by atoms with Gasteiger partial charge in [0.05, 0.1) is 12.5 Å². The number of alkyl halides is 2. The van der Waals surface area contributed by atoms with Crippen molar-refractivity contribution in [3.63, 3.8) is 0 Å². The number of carbonyl (C=O) groups excluding carboxylic acids is 1. The molecule has 0 amide bonds. The van der Waals surface area contributed by atoms with E-state index in [0.29, 0.717) is 13.0 Å². The van der Waals surface area contributed by atoms with E-state index in [4.69, 9.17) is 32.7 Å². The average molecular weight is 344 g/mol. The smallest absolute Gasteiger partial charge is 0.312 e. The van der Waals surface area contributed by atoms with Crippen molar-refractivity contribution >= 4 is 29.2 Å². The first-order valence-electron chi connectivity index (χ1n) is 7.47. The summed E-state index contributed by atoms with van der Waals surface area (Å²) in [6.45, 7) is 3.41. The molecule has 1 heterocycles. The molecule has 1 aliphatic carbocycles. The largest absolute Gasteiger partial charge is 0.463 e. The summed E-state index contributed by atoms with van der Waals surface area (Å²) in [5, 5.41) is 0. The van der Waals surface area contributed by atoms with Crippen LogP contribution in [0.15, 0.2) is 30.3 Å².